The van der Waals surface area contributed by atoms with E-state index in [-0.39, 0.29) is 5.41 Å². The molecule has 2 aliphatic carbocycles. The topological polar surface area (TPSA) is 115 Å². The zero-order valence-corrected chi connectivity index (χ0v) is 25.8. The van der Waals surface area contributed by atoms with Crippen LogP contribution in [0.2, 0.25) is 0 Å². The zero-order chi connectivity index (χ0) is 29.0. The molecule has 11 heteroatoms. The molecule has 1 spiro atoms. The molecule has 0 bridgehead atoms. The third-order valence-corrected chi connectivity index (χ3v) is 11.0. The summed E-state index contributed by atoms with van der Waals surface area (Å²) >= 11 is 1.58. The van der Waals surface area contributed by atoms with Gasteiger partial charge in [-0.3, -0.25) is 0 Å². The lowest BCUT2D eigenvalue weighted by molar-refractivity contribution is 0.265. The summed E-state index contributed by atoms with van der Waals surface area (Å²) in [6.45, 7) is 9.23. The maximum absolute atomic E-state index is 10.1. The third-order valence-electron chi connectivity index (χ3n) is 9.94. The fraction of sp³-hybridized carbons (Fsp3) is 0.613. The number of nitriles is 1. The monoisotopic (exact) mass is 587 g/mol. The lowest BCUT2D eigenvalue weighted by atomic mass is 9.63. The number of piperazine rings is 1. The van der Waals surface area contributed by atoms with E-state index in [0.29, 0.717) is 22.4 Å². The number of hydrogen-bond donors (Lipinski definition) is 1. The smallest absolute Gasteiger partial charge is 0.186 e. The van der Waals surface area contributed by atoms with Crippen molar-refractivity contribution in [3.8, 4) is 17.6 Å². The second kappa shape index (κ2) is 10.8. The van der Waals surface area contributed by atoms with Gasteiger partial charge in [0.2, 0.25) is 0 Å². The highest BCUT2D eigenvalue weighted by atomic mass is 32.1. The van der Waals surface area contributed by atoms with Crippen LogP contribution in [-0.2, 0) is 18.3 Å². The van der Waals surface area contributed by atoms with Gasteiger partial charge in [0.05, 0.1) is 11.0 Å². The molecule has 3 aromatic heterocycles. The molecule has 222 valence electrons. The van der Waals surface area contributed by atoms with E-state index in [9.17, 15) is 5.26 Å². The minimum atomic E-state index is -0.354. The van der Waals surface area contributed by atoms with Gasteiger partial charge in [-0.25, -0.2) is 9.97 Å². The number of thiophene rings is 1. The van der Waals surface area contributed by atoms with Gasteiger partial charge < -0.3 is 29.9 Å². The summed E-state index contributed by atoms with van der Waals surface area (Å²) in [7, 11) is 4.38. The van der Waals surface area contributed by atoms with Gasteiger partial charge >= 0.3 is 0 Å². The summed E-state index contributed by atoms with van der Waals surface area (Å²) in [5, 5.41) is 15.4. The van der Waals surface area contributed by atoms with Gasteiger partial charge in [-0.05, 0) is 78.1 Å². The lowest BCUT2D eigenvalue weighted by Crippen LogP contribution is -2.45. The van der Waals surface area contributed by atoms with Crippen LogP contribution in [-0.4, -0.2) is 90.9 Å². The summed E-state index contributed by atoms with van der Waals surface area (Å²) in [6.07, 6.45) is 6.87. The quantitative estimate of drug-likeness (QED) is 0.484. The molecule has 4 aliphatic rings. The second-order valence-electron chi connectivity index (χ2n) is 12.7. The van der Waals surface area contributed by atoms with Gasteiger partial charge in [-0.2, -0.15) is 5.26 Å². The van der Waals surface area contributed by atoms with Crippen LogP contribution in [0.5, 0.6) is 0 Å². The Morgan fingerprint density at radius 3 is 2.55 bits per heavy atom. The first-order valence-corrected chi connectivity index (χ1v) is 16.3. The SMILES string of the molecule is CC1CN(C)CCCN1c1cc(N2CCN(C)CC2)nc(-c2noc3c2CCC[C@@]32CCCc3sc(N)c(C#N)c32)n1. The first-order valence-electron chi connectivity index (χ1n) is 15.5. The van der Waals surface area contributed by atoms with E-state index >= 15 is 0 Å². The number of likely N-dealkylation sites (N-methyl/N-ethyl adjacent to an activating group) is 2. The molecule has 2 aliphatic heterocycles. The molecule has 3 aromatic rings. The van der Waals surface area contributed by atoms with E-state index in [1.807, 2.05) is 0 Å². The Hall–Kier alpha value is -3.20. The van der Waals surface area contributed by atoms with Crippen molar-refractivity contribution in [2.24, 2.45) is 0 Å². The molecule has 2 fully saturated rings. The number of rotatable bonds is 3. The number of anilines is 3. The number of fused-ring (bicyclic) bond motifs is 4. The Bertz CT molecular complexity index is 1510. The molecule has 42 heavy (non-hydrogen) atoms. The van der Waals surface area contributed by atoms with Crippen LogP contribution in [0.3, 0.4) is 0 Å². The van der Waals surface area contributed by atoms with Gasteiger partial charge in [0, 0.05) is 61.8 Å². The highest BCUT2D eigenvalue weighted by Gasteiger charge is 2.49. The summed E-state index contributed by atoms with van der Waals surface area (Å²) in [6, 6.07) is 4.95. The van der Waals surface area contributed by atoms with Crippen molar-refractivity contribution >= 4 is 28.0 Å². The van der Waals surface area contributed by atoms with E-state index in [4.69, 9.17) is 25.4 Å². The van der Waals surface area contributed by atoms with Crippen molar-refractivity contribution in [3.63, 3.8) is 0 Å². The van der Waals surface area contributed by atoms with Crippen molar-refractivity contribution in [1.29, 1.82) is 5.26 Å². The molecular formula is C31H41N9OS. The van der Waals surface area contributed by atoms with Crippen molar-refractivity contribution in [3.05, 3.63) is 33.4 Å². The zero-order valence-electron chi connectivity index (χ0n) is 25.0. The highest BCUT2D eigenvalue weighted by molar-refractivity contribution is 7.16. The fourth-order valence-corrected chi connectivity index (χ4v) is 8.96. The number of nitrogens with zero attached hydrogens (tertiary/aromatic N) is 8. The van der Waals surface area contributed by atoms with Crippen LogP contribution in [0.4, 0.5) is 16.6 Å². The largest absolute Gasteiger partial charge is 0.389 e. The van der Waals surface area contributed by atoms with Crippen LogP contribution >= 0.6 is 11.3 Å². The van der Waals surface area contributed by atoms with Gasteiger partial charge in [0.25, 0.3) is 0 Å². The standard InChI is InChI=1S/C31H41N9OS/c1-20-19-38(3)11-6-12-40(20)25-17-24(39-15-13-37(2)14-16-39)34-30(35-25)27-21-7-4-9-31(28(21)41-36-27)10-5-8-23-26(31)22(18-32)29(33)42-23/h17,20H,4-16,19,33H2,1-3H3/t20?,31-/m0/s1. The average molecular weight is 588 g/mol. The maximum Gasteiger partial charge on any atom is 0.186 e. The molecule has 10 nitrogen and oxygen atoms in total. The van der Waals surface area contributed by atoms with Crippen molar-refractivity contribution in [1.82, 2.24) is 24.9 Å². The predicted octanol–water partition coefficient (Wildman–Crippen LogP) is 3.89. The number of nitrogens with two attached hydrogens (primary N) is 1. The van der Waals surface area contributed by atoms with Crippen LogP contribution in [0.15, 0.2) is 10.6 Å². The van der Waals surface area contributed by atoms with Crippen LogP contribution < -0.4 is 15.5 Å². The van der Waals surface area contributed by atoms with E-state index in [1.165, 1.54) is 4.88 Å². The van der Waals surface area contributed by atoms with Crippen molar-refractivity contribution in [2.45, 2.75) is 63.3 Å². The van der Waals surface area contributed by atoms with Crippen LogP contribution in [0, 0.1) is 11.3 Å². The molecule has 2 atom stereocenters. The van der Waals surface area contributed by atoms with Crippen LogP contribution in [0.25, 0.3) is 11.5 Å². The summed E-state index contributed by atoms with van der Waals surface area (Å²) in [4.78, 5) is 21.2. The number of aromatic nitrogens is 3. The molecule has 5 heterocycles. The minimum Gasteiger partial charge on any atom is -0.389 e. The molecule has 7 rings (SSSR count). The summed E-state index contributed by atoms with van der Waals surface area (Å²) in [5.74, 6) is 3.48. The fourth-order valence-electron chi connectivity index (χ4n) is 7.80. The number of aryl methyl sites for hydroxylation is 1. The van der Waals surface area contributed by atoms with Crippen molar-refractivity contribution < 1.29 is 4.52 Å². The number of nitrogen functional groups attached to an aromatic ring is 1. The first kappa shape index (κ1) is 27.6. The Kier molecular flexibility index (Phi) is 7.11. The molecule has 0 radical (unpaired) electrons. The molecule has 0 amide bonds. The van der Waals surface area contributed by atoms with Gasteiger partial charge in [-0.15, -0.1) is 11.3 Å². The first-order chi connectivity index (χ1) is 20.4. The molecule has 2 N–H and O–H groups in total. The Morgan fingerprint density at radius 1 is 1.00 bits per heavy atom. The lowest BCUT2D eigenvalue weighted by Gasteiger charge is -2.39. The summed E-state index contributed by atoms with van der Waals surface area (Å²) < 4.78 is 6.32. The number of hydrogen-bond acceptors (Lipinski definition) is 11. The Labute approximate surface area is 252 Å². The van der Waals surface area contributed by atoms with Gasteiger partial charge in [0.1, 0.15) is 22.7 Å². The molecular weight excluding hydrogens is 546 g/mol. The Balaban J connectivity index is 1.34. The van der Waals surface area contributed by atoms with E-state index < -0.39 is 0 Å². The third kappa shape index (κ3) is 4.55. The van der Waals surface area contributed by atoms with Gasteiger partial charge in [0.15, 0.2) is 17.3 Å². The van der Waals surface area contributed by atoms with Crippen LogP contribution in [0.1, 0.15) is 66.4 Å². The van der Waals surface area contributed by atoms with E-state index in [0.717, 1.165) is 125 Å². The highest BCUT2D eigenvalue weighted by Crippen LogP contribution is 2.55. The second-order valence-corrected chi connectivity index (χ2v) is 13.9. The molecule has 2 saturated heterocycles. The Morgan fingerprint density at radius 2 is 1.76 bits per heavy atom. The molecule has 0 saturated carbocycles. The summed E-state index contributed by atoms with van der Waals surface area (Å²) in [5.41, 5.74) is 9.61. The molecule has 1 unspecified atom stereocenters. The maximum atomic E-state index is 10.1. The van der Waals surface area contributed by atoms with E-state index in [1.54, 1.807) is 11.3 Å². The van der Waals surface area contributed by atoms with Crippen molar-refractivity contribution in [2.75, 3.05) is 75.4 Å². The normalized spacial score (nSPS) is 25.2. The minimum absolute atomic E-state index is 0.337. The van der Waals surface area contributed by atoms with E-state index in [2.05, 4.69) is 52.8 Å². The molecule has 0 aromatic carbocycles. The van der Waals surface area contributed by atoms with Gasteiger partial charge in [-0.1, -0.05) is 5.16 Å². The average Bonchev–Trinajstić information content (AvgIpc) is 3.52. The predicted molar refractivity (Wildman–Crippen MR) is 166 cm³/mol.